The SMILES string of the molecule is Cc1cc(C)c2[nH]c(C(=O)NN=Cc3cc(Br)ccc3OC(=O)c3ccccc3)c(-c3ccccc3)c2c1. The van der Waals surface area contributed by atoms with Gasteiger partial charge in [-0.2, -0.15) is 5.10 Å². The molecule has 0 unspecified atom stereocenters. The van der Waals surface area contributed by atoms with E-state index in [0.717, 1.165) is 37.6 Å². The van der Waals surface area contributed by atoms with Gasteiger partial charge in [0.2, 0.25) is 0 Å². The predicted octanol–water partition coefficient (Wildman–Crippen LogP) is 7.20. The number of aromatic nitrogens is 1. The molecule has 0 bridgehead atoms. The zero-order valence-electron chi connectivity index (χ0n) is 20.8. The molecule has 5 rings (SSSR count). The van der Waals surface area contributed by atoms with Crippen molar-refractivity contribution >= 4 is 44.9 Å². The number of ether oxygens (including phenoxy) is 1. The minimum atomic E-state index is -0.483. The van der Waals surface area contributed by atoms with Crippen LogP contribution in [-0.2, 0) is 0 Å². The van der Waals surface area contributed by atoms with Gasteiger partial charge in [-0.3, -0.25) is 4.79 Å². The fourth-order valence-corrected chi connectivity index (χ4v) is 4.77. The number of hydrogen-bond donors (Lipinski definition) is 2. The molecule has 0 atom stereocenters. The van der Waals surface area contributed by atoms with Crippen LogP contribution in [0.25, 0.3) is 22.0 Å². The topological polar surface area (TPSA) is 83.6 Å². The lowest BCUT2D eigenvalue weighted by Gasteiger charge is -2.08. The summed E-state index contributed by atoms with van der Waals surface area (Å²) in [6.07, 6.45) is 1.45. The van der Waals surface area contributed by atoms with Crippen molar-refractivity contribution in [3.8, 4) is 16.9 Å². The number of aryl methyl sites for hydroxylation is 2. The summed E-state index contributed by atoms with van der Waals surface area (Å²) >= 11 is 3.44. The van der Waals surface area contributed by atoms with Gasteiger partial charge in [0.15, 0.2) is 0 Å². The van der Waals surface area contributed by atoms with Crippen LogP contribution in [0.4, 0.5) is 0 Å². The van der Waals surface area contributed by atoms with Crippen LogP contribution in [0.1, 0.15) is 37.5 Å². The van der Waals surface area contributed by atoms with Gasteiger partial charge in [-0.1, -0.05) is 76.1 Å². The van der Waals surface area contributed by atoms with Crippen LogP contribution < -0.4 is 10.2 Å². The lowest BCUT2D eigenvalue weighted by Crippen LogP contribution is -2.19. The number of H-pyrrole nitrogens is 1. The minimum absolute atomic E-state index is 0.321. The molecule has 0 saturated heterocycles. The molecule has 0 aliphatic rings. The smallest absolute Gasteiger partial charge is 0.343 e. The number of rotatable bonds is 6. The van der Waals surface area contributed by atoms with Crippen LogP contribution in [0.2, 0.25) is 0 Å². The molecule has 1 heterocycles. The number of aromatic amines is 1. The highest BCUT2D eigenvalue weighted by molar-refractivity contribution is 9.10. The molecule has 1 amide bonds. The molecule has 5 aromatic rings. The Morgan fingerprint density at radius 3 is 2.37 bits per heavy atom. The van der Waals surface area contributed by atoms with Gasteiger partial charge in [0.25, 0.3) is 5.91 Å². The monoisotopic (exact) mass is 565 g/mol. The third-order valence-corrected chi connectivity index (χ3v) is 6.59. The van der Waals surface area contributed by atoms with Gasteiger partial charge >= 0.3 is 5.97 Å². The highest BCUT2D eigenvalue weighted by Crippen LogP contribution is 2.34. The van der Waals surface area contributed by atoms with Crippen LogP contribution in [0, 0.1) is 13.8 Å². The van der Waals surface area contributed by atoms with Crippen molar-refractivity contribution < 1.29 is 14.3 Å². The van der Waals surface area contributed by atoms with Crippen molar-refractivity contribution in [1.82, 2.24) is 10.4 Å². The molecule has 0 aliphatic heterocycles. The number of hydrazone groups is 1. The summed E-state index contributed by atoms with van der Waals surface area (Å²) in [6, 6.07) is 27.9. The quantitative estimate of drug-likeness (QED) is 0.0987. The Labute approximate surface area is 228 Å². The molecule has 38 heavy (non-hydrogen) atoms. The Morgan fingerprint density at radius 1 is 0.921 bits per heavy atom. The van der Waals surface area contributed by atoms with E-state index in [0.29, 0.717) is 22.6 Å². The van der Waals surface area contributed by atoms with Gasteiger partial charge < -0.3 is 9.72 Å². The first kappa shape index (κ1) is 25.2. The lowest BCUT2D eigenvalue weighted by molar-refractivity contribution is 0.0734. The molecular formula is C31H24BrN3O3. The van der Waals surface area contributed by atoms with E-state index in [1.54, 1.807) is 42.5 Å². The molecule has 0 spiro atoms. The second-order valence-corrected chi connectivity index (χ2v) is 9.80. The molecular weight excluding hydrogens is 542 g/mol. The average molecular weight is 566 g/mol. The summed E-state index contributed by atoms with van der Waals surface area (Å²) in [6.45, 7) is 4.06. The van der Waals surface area contributed by atoms with Crippen LogP contribution in [-0.4, -0.2) is 23.1 Å². The highest BCUT2D eigenvalue weighted by atomic mass is 79.9. The van der Waals surface area contributed by atoms with E-state index in [-0.39, 0.29) is 5.91 Å². The second-order valence-electron chi connectivity index (χ2n) is 8.88. The van der Waals surface area contributed by atoms with E-state index >= 15 is 0 Å². The third kappa shape index (κ3) is 5.28. The molecule has 188 valence electrons. The maximum absolute atomic E-state index is 13.4. The maximum atomic E-state index is 13.4. The van der Waals surface area contributed by atoms with Crippen LogP contribution in [0.3, 0.4) is 0 Å². The van der Waals surface area contributed by atoms with Gasteiger partial charge in [0.05, 0.1) is 11.8 Å². The molecule has 1 aromatic heterocycles. The standard InChI is InChI=1S/C31H24BrN3O3/c1-19-15-20(2)28-25(16-19)27(21-9-5-3-6-10-21)29(34-28)30(36)35-33-18-23-17-24(32)13-14-26(23)38-31(37)22-11-7-4-8-12-22/h3-18,34H,1-2H3,(H,35,36). The number of amides is 1. The van der Waals surface area contributed by atoms with Gasteiger partial charge in [0, 0.05) is 26.5 Å². The number of nitrogens with zero attached hydrogens (tertiary/aromatic N) is 1. The molecule has 0 fully saturated rings. The van der Waals surface area contributed by atoms with Gasteiger partial charge in [-0.25, -0.2) is 10.2 Å². The number of carbonyl (C=O) groups is 2. The average Bonchev–Trinajstić information content (AvgIpc) is 3.31. The molecule has 4 aromatic carbocycles. The van der Waals surface area contributed by atoms with Crippen molar-refractivity contribution in [3.63, 3.8) is 0 Å². The van der Waals surface area contributed by atoms with E-state index in [1.165, 1.54) is 6.21 Å². The van der Waals surface area contributed by atoms with E-state index in [1.807, 2.05) is 50.2 Å². The largest absolute Gasteiger partial charge is 0.422 e. The molecule has 0 radical (unpaired) electrons. The van der Waals surface area contributed by atoms with Crippen molar-refractivity contribution in [2.45, 2.75) is 13.8 Å². The summed E-state index contributed by atoms with van der Waals surface area (Å²) in [5.41, 5.74) is 8.83. The number of hydrogen-bond acceptors (Lipinski definition) is 4. The fourth-order valence-electron chi connectivity index (χ4n) is 4.39. The fraction of sp³-hybridized carbons (Fsp3) is 0.0645. The Morgan fingerprint density at radius 2 is 1.63 bits per heavy atom. The van der Waals surface area contributed by atoms with E-state index in [9.17, 15) is 9.59 Å². The third-order valence-electron chi connectivity index (χ3n) is 6.09. The van der Waals surface area contributed by atoms with Gasteiger partial charge in [-0.15, -0.1) is 0 Å². The first-order chi connectivity index (χ1) is 18.4. The summed E-state index contributed by atoms with van der Waals surface area (Å²) in [5, 5.41) is 5.16. The summed E-state index contributed by atoms with van der Waals surface area (Å²) in [7, 11) is 0. The molecule has 0 saturated carbocycles. The number of halogens is 1. The zero-order valence-corrected chi connectivity index (χ0v) is 22.4. The molecule has 6 nitrogen and oxygen atoms in total. The summed E-state index contributed by atoms with van der Waals surface area (Å²) < 4.78 is 6.38. The minimum Gasteiger partial charge on any atom is -0.422 e. The van der Waals surface area contributed by atoms with Crippen LogP contribution in [0.5, 0.6) is 5.75 Å². The predicted molar refractivity (Wildman–Crippen MR) is 154 cm³/mol. The number of esters is 1. The first-order valence-electron chi connectivity index (χ1n) is 12.0. The lowest BCUT2D eigenvalue weighted by atomic mass is 9.99. The number of fused-ring (bicyclic) bond motifs is 1. The Kier molecular flexibility index (Phi) is 7.20. The van der Waals surface area contributed by atoms with Crippen molar-refractivity contribution in [2.24, 2.45) is 5.10 Å². The molecule has 2 N–H and O–H groups in total. The van der Waals surface area contributed by atoms with Gasteiger partial charge in [-0.05, 0) is 61.4 Å². The van der Waals surface area contributed by atoms with E-state index in [4.69, 9.17) is 4.74 Å². The second kappa shape index (κ2) is 10.9. The van der Waals surface area contributed by atoms with Crippen LogP contribution in [0.15, 0.2) is 101 Å². The van der Waals surface area contributed by atoms with Gasteiger partial charge in [0.1, 0.15) is 11.4 Å². The number of benzene rings is 4. The maximum Gasteiger partial charge on any atom is 0.343 e. The zero-order chi connectivity index (χ0) is 26.6. The van der Waals surface area contributed by atoms with E-state index in [2.05, 4.69) is 43.6 Å². The Balaban J connectivity index is 1.44. The van der Waals surface area contributed by atoms with E-state index < -0.39 is 5.97 Å². The number of carbonyl (C=O) groups excluding carboxylic acids is 2. The van der Waals surface area contributed by atoms with Crippen molar-refractivity contribution in [2.75, 3.05) is 0 Å². The molecule has 0 aliphatic carbocycles. The number of nitrogens with one attached hydrogen (secondary N) is 2. The van der Waals surface area contributed by atoms with Crippen LogP contribution >= 0.6 is 15.9 Å². The van der Waals surface area contributed by atoms with Crippen molar-refractivity contribution in [1.29, 1.82) is 0 Å². The highest BCUT2D eigenvalue weighted by Gasteiger charge is 2.20. The normalized spacial score (nSPS) is 11.1. The summed E-state index contributed by atoms with van der Waals surface area (Å²) in [4.78, 5) is 29.2. The Bertz CT molecular complexity index is 1680. The Hall–Kier alpha value is -4.49. The summed E-state index contributed by atoms with van der Waals surface area (Å²) in [5.74, 6) is -0.546. The molecule has 7 heteroatoms. The van der Waals surface area contributed by atoms with Crippen molar-refractivity contribution in [3.05, 3.63) is 123 Å². The first-order valence-corrected chi connectivity index (χ1v) is 12.8.